The van der Waals surface area contributed by atoms with Gasteiger partial charge in [-0.25, -0.2) is 0 Å². The number of nitrogens with zero attached hydrogens (tertiary/aromatic N) is 2. The number of carbonyl (C=O) groups is 3. The van der Waals surface area contributed by atoms with Gasteiger partial charge >= 0.3 is 0 Å². The monoisotopic (exact) mass is 460 g/mol. The fourth-order valence-corrected chi connectivity index (χ4v) is 3.91. The van der Waals surface area contributed by atoms with E-state index in [1.54, 1.807) is 66.7 Å². The third kappa shape index (κ3) is 4.17. The topological polar surface area (TPSA) is 85.4 Å². The molecule has 174 valence electrons. The van der Waals surface area contributed by atoms with Gasteiger partial charge in [0.2, 0.25) is 0 Å². The highest BCUT2D eigenvalue weighted by Crippen LogP contribution is 2.31. The van der Waals surface area contributed by atoms with Crippen LogP contribution in [0.4, 0.5) is 5.69 Å². The number of hydrogen-bond acceptors (Lipinski definition) is 6. The van der Waals surface area contributed by atoms with E-state index >= 15 is 0 Å². The summed E-state index contributed by atoms with van der Waals surface area (Å²) in [5, 5.41) is 0. The fourth-order valence-electron chi connectivity index (χ4n) is 3.91. The summed E-state index contributed by atoms with van der Waals surface area (Å²) in [6, 6.07) is 18.6. The molecule has 3 aromatic rings. The fraction of sp³-hybridized carbons (Fsp3) is 0.192. The average Bonchev–Trinajstić information content (AvgIpc) is 3.13. The van der Waals surface area contributed by atoms with E-state index in [0.717, 1.165) is 4.90 Å². The number of benzene rings is 3. The molecule has 0 bridgehead atoms. The van der Waals surface area contributed by atoms with Crippen LogP contribution in [0.25, 0.3) is 0 Å². The molecule has 34 heavy (non-hydrogen) atoms. The third-order valence-corrected chi connectivity index (χ3v) is 5.64. The van der Waals surface area contributed by atoms with Crippen LogP contribution in [0.2, 0.25) is 0 Å². The average molecular weight is 460 g/mol. The minimum atomic E-state index is -0.379. The first-order valence-electron chi connectivity index (χ1n) is 10.6. The molecule has 0 fully saturated rings. The van der Waals surface area contributed by atoms with E-state index in [-0.39, 0.29) is 30.8 Å². The Morgan fingerprint density at radius 3 is 1.91 bits per heavy atom. The van der Waals surface area contributed by atoms with Crippen molar-refractivity contribution in [2.24, 2.45) is 0 Å². The zero-order valence-corrected chi connectivity index (χ0v) is 19.1. The van der Waals surface area contributed by atoms with Crippen molar-refractivity contribution in [2.45, 2.75) is 0 Å². The second kappa shape index (κ2) is 9.66. The molecule has 0 atom stereocenters. The van der Waals surface area contributed by atoms with Gasteiger partial charge in [0.05, 0.1) is 38.1 Å². The van der Waals surface area contributed by atoms with Gasteiger partial charge in [0.25, 0.3) is 17.7 Å². The van der Waals surface area contributed by atoms with E-state index in [1.165, 1.54) is 26.2 Å². The Labute approximate surface area is 197 Å². The van der Waals surface area contributed by atoms with Gasteiger partial charge in [0.15, 0.2) is 0 Å². The summed E-state index contributed by atoms with van der Waals surface area (Å²) in [5.41, 5.74) is 1.55. The highest BCUT2D eigenvalue weighted by molar-refractivity contribution is 6.21. The van der Waals surface area contributed by atoms with Crippen molar-refractivity contribution >= 4 is 23.4 Å². The number of ether oxygens (including phenoxy) is 3. The molecule has 1 heterocycles. The highest BCUT2D eigenvalue weighted by atomic mass is 16.5. The molecular weight excluding hydrogens is 436 g/mol. The number of carbonyl (C=O) groups excluding carboxylic acids is 3. The van der Waals surface area contributed by atoms with Crippen LogP contribution in [0.1, 0.15) is 31.1 Å². The van der Waals surface area contributed by atoms with Crippen molar-refractivity contribution in [3.05, 3.63) is 83.4 Å². The summed E-state index contributed by atoms with van der Waals surface area (Å²) in [4.78, 5) is 42.0. The highest BCUT2D eigenvalue weighted by Gasteiger charge is 2.35. The first kappa shape index (κ1) is 22.8. The Bertz CT molecular complexity index is 1200. The molecule has 8 heteroatoms. The van der Waals surface area contributed by atoms with E-state index in [9.17, 15) is 14.4 Å². The summed E-state index contributed by atoms with van der Waals surface area (Å²) in [5.74, 6) is 0.282. The van der Waals surface area contributed by atoms with Crippen LogP contribution in [-0.2, 0) is 0 Å². The predicted molar refractivity (Wildman–Crippen MR) is 126 cm³/mol. The van der Waals surface area contributed by atoms with Crippen LogP contribution in [0.5, 0.6) is 17.2 Å². The Hall–Kier alpha value is -4.33. The van der Waals surface area contributed by atoms with Gasteiger partial charge in [0, 0.05) is 24.7 Å². The van der Waals surface area contributed by atoms with Gasteiger partial charge < -0.3 is 19.1 Å². The molecule has 0 aliphatic carbocycles. The molecule has 0 saturated carbocycles. The minimum Gasteiger partial charge on any atom is -0.497 e. The van der Waals surface area contributed by atoms with Crippen molar-refractivity contribution in [3.63, 3.8) is 0 Å². The zero-order chi connectivity index (χ0) is 24.2. The summed E-state index contributed by atoms with van der Waals surface area (Å²) in [6.45, 7) is 0.0709. The van der Waals surface area contributed by atoms with Crippen molar-refractivity contribution < 1.29 is 28.6 Å². The van der Waals surface area contributed by atoms with Crippen LogP contribution in [0, 0.1) is 0 Å². The number of amides is 3. The second-order valence-electron chi connectivity index (χ2n) is 7.54. The second-order valence-corrected chi connectivity index (χ2v) is 7.54. The summed E-state index contributed by atoms with van der Waals surface area (Å²) in [6.07, 6.45) is 0. The summed E-state index contributed by atoms with van der Waals surface area (Å²) < 4.78 is 16.1. The number of hydrogen-bond donors (Lipinski definition) is 0. The predicted octanol–water partition coefficient (Wildman–Crippen LogP) is 3.66. The van der Waals surface area contributed by atoms with E-state index in [1.807, 2.05) is 0 Å². The normalized spacial score (nSPS) is 12.4. The van der Waals surface area contributed by atoms with Gasteiger partial charge in [0.1, 0.15) is 17.2 Å². The number of rotatable bonds is 8. The number of fused-ring (bicyclic) bond motifs is 1. The maximum atomic E-state index is 13.7. The van der Waals surface area contributed by atoms with E-state index < -0.39 is 0 Å². The molecule has 0 unspecified atom stereocenters. The molecule has 0 radical (unpaired) electrons. The SMILES string of the molecule is COc1cc(OC)cc(C(=O)N(CCN2C(=O)c3ccccc3C2=O)c2ccccc2OC)c1. The Balaban J connectivity index is 1.68. The molecule has 0 aromatic heterocycles. The number of methoxy groups -OCH3 is 3. The van der Waals surface area contributed by atoms with Crippen molar-refractivity contribution in [1.82, 2.24) is 4.90 Å². The van der Waals surface area contributed by atoms with Crippen molar-refractivity contribution in [2.75, 3.05) is 39.3 Å². The standard InChI is InChI=1S/C26H24N2O6/c1-32-18-14-17(15-19(16-18)33-2)24(29)27(22-10-6-7-11-23(22)34-3)12-13-28-25(30)20-8-4-5-9-21(20)26(28)31/h4-11,14-16H,12-13H2,1-3H3. The molecule has 0 N–H and O–H groups in total. The lowest BCUT2D eigenvalue weighted by atomic mass is 10.1. The first-order valence-corrected chi connectivity index (χ1v) is 10.6. The number of imide groups is 1. The molecule has 4 rings (SSSR count). The van der Waals surface area contributed by atoms with Gasteiger partial charge in [-0.1, -0.05) is 24.3 Å². The van der Waals surface area contributed by atoms with Crippen molar-refractivity contribution in [3.8, 4) is 17.2 Å². The van der Waals surface area contributed by atoms with Gasteiger partial charge in [-0.05, 0) is 36.4 Å². The van der Waals surface area contributed by atoms with E-state index in [2.05, 4.69) is 0 Å². The molecule has 1 aliphatic heterocycles. The Morgan fingerprint density at radius 2 is 1.35 bits per heavy atom. The van der Waals surface area contributed by atoms with Gasteiger partial charge in [-0.15, -0.1) is 0 Å². The smallest absolute Gasteiger partial charge is 0.261 e. The molecular formula is C26H24N2O6. The maximum Gasteiger partial charge on any atom is 0.261 e. The third-order valence-electron chi connectivity index (χ3n) is 5.64. The van der Waals surface area contributed by atoms with E-state index in [0.29, 0.717) is 39.6 Å². The molecule has 0 spiro atoms. The molecule has 0 saturated heterocycles. The van der Waals surface area contributed by atoms with Crippen LogP contribution < -0.4 is 19.1 Å². The van der Waals surface area contributed by atoms with Gasteiger partial charge in [-0.3, -0.25) is 19.3 Å². The van der Waals surface area contributed by atoms with Crippen LogP contribution in [0.3, 0.4) is 0 Å². The van der Waals surface area contributed by atoms with Crippen LogP contribution in [-0.4, -0.2) is 57.0 Å². The lowest BCUT2D eigenvalue weighted by molar-refractivity contribution is 0.0654. The first-order chi connectivity index (χ1) is 16.5. The lowest BCUT2D eigenvalue weighted by Crippen LogP contribution is -2.41. The Morgan fingerprint density at radius 1 is 0.794 bits per heavy atom. The molecule has 3 aromatic carbocycles. The van der Waals surface area contributed by atoms with Crippen LogP contribution >= 0.6 is 0 Å². The molecule has 8 nitrogen and oxygen atoms in total. The number of anilines is 1. The maximum absolute atomic E-state index is 13.7. The minimum absolute atomic E-state index is 0.0111. The number of para-hydroxylation sites is 2. The lowest BCUT2D eigenvalue weighted by Gasteiger charge is -2.27. The van der Waals surface area contributed by atoms with Gasteiger partial charge in [-0.2, -0.15) is 0 Å². The van der Waals surface area contributed by atoms with E-state index in [4.69, 9.17) is 14.2 Å². The summed E-state index contributed by atoms with van der Waals surface area (Å²) >= 11 is 0. The quantitative estimate of drug-likeness (QED) is 0.477. The summed E-state index contributed by atoms with van der Waals surface area (Å²) in [7, 11) is 4.52. The van der Waals surface area contributed by atoms with Crippen molar-refractivity contribution in [1.29, 1.82) is 0 Å². The Kier molecular flexibility index (Phi) is 6.49. The zero-order valence-electron chi connectivity index (χ0n) is 19.1. The molecule has 3 amide bonds. The molecule has 1 aliphatic rings. The van der Waals surface area contributed by atoms with Crippen LogP contribution in [0.15, 0.2) is 66.7 Å². The largest absolute Gasteiger partial charge is 0.497 e.